The van der Waals surface area contributed by atoms with Gasteiger partial charge in [0.15, 0.2) is 15.5 Å². The first-order valence-corrected chi connectivity index (χ1v) is 12.2. The van der Waals surface area contributed by atoms with Crippen LogP contribution in [0, 0.1) is 0 Å². The van der Waals surface area contributed by atoms with Crippen molar-refractivity contribution in [2.45, 2.75) is 56.0 Å². The van der Waals surface area contributed by atoms with E-state index in [1.807, 2.05) is 12.3 Å². The lowest BCUT2D eigenvalue weighted by Crippen LogP contribution is -2.33. The predicted octanol–water partition coefficient (Wildman–Crippen LogP) is 3.12. The lowest BCUT2D eigenvalue weighted by molar-refractivity contribution is 0.410. The zero-order valence-corrected chi connectivity index (χ0v) is 18.1. The Morgan fingerprint density at radius 3 is 2.50 bits per heavy atom. The van der Waals surface area contributed by atoms with Crippen LogP contribution in [-0.4, -0.2) is 41.4 Å². The summed E-state index contributed by atoms with van der Waals surface area (Å²) in [5.74, 6) is 1.57. The summed E-state index contributed by atoms with van der Waals surface area (Å²) in [7, 11) is -3.23. The van der Waals surface area contributed by atoms with Crippen molar-refractivity contribution in [3.63, 3.8) is 0 Å². The van der Waals surface area contributed by atoms with Crippen molar-refractivity contribution in [2.75, 3.05) is 16.9 Å². The van der Waals surface area contributed by atoms with Crippen LogP contribution >= 0.6 is 0 Å². The number of sulfone groups is 1. The second-order valence-electron chi connectivity index (χ2n) is 7.96. The first-order valence-electron chi connectivity index (χ1n) is 10.3. The van der Waals surface area contributed by atoms with Gasteiger partial charge in [0.2, 0.25) is 0 Å². The van der Waals surface area contributed by atoms with E-state index in [1.54, 1.807) is 28.8 Å². The Balaban J connectivity index is 1.65. The fourth-order valence-electron chi connectivity index (χ4n) is 3.83. The van der Waals surface area contributed by atoms with Crippen LogP contribution < -0.4 is 16.4 Å². The number of nitrogens with zero attached hydrogens (tertiary/aromatic N) is 3. The van der Waals surface area contributed by atoms with Gasteiger partial charge >= 0.3 is 0 Å². The Morgan fingerprint density at radius 2 is 1.87 bits per heavy atom. The third-order valence-electron chi connectivity index (χ3n) is 5.60. The monoisotopic (exact) mass is 428 g/mol. The Labute approximate surface area is 176 Å². The van der Waals surface area contributed by atoms with E-state index in [2.05, 4.69) is 22.7 Å². The summed E-state index contributed by atoms with van der Waals surface area (Å²) in [6.45, 7) is 2.08. The number of hydrogen-bond acceptors (Lipinski definition) is 7. The number of rotatable bonds is 6. The molecular formula is C21H28N6O2S. The first kappa shape index (κ1) is 20.6. The fourth-order valence-corrected chi connectivity index (χ4v) is 4.46. The number of nitrogens with two attached hydrogens (primary N) is 1. The molecule has 0 unspecified atom stereocenters. The van der Waals surface area contributed by atoms with E-state index >= 15 is 0 Å². The van der Waals surface area contributed by atoms with Gasteiger partial charge in [-0.05, 0) is 56.4 Å². The van der Waals surface area contributed by atoms with Crippen LogP contribution in [0.25, 0.3) is 5.65 Å². The molecule has 160 valence electrons. The molecule has 0 radical (unpaired) electrons. The van der Waals surface area contributed by atoms with E-state index in [0.717, 1.165) is 60.6 Å². The SMILES string of the molecule is CCc1cnn2c(Nc3ccc(S(C)(=O)=O)cc3)cc(N[C@H]3CC[C@@H](N)CC3)nc12. The van der Waals surface area contributed by atoms with Gasteiger partial charge in [-0.3, -0.25) is 0 Å². The number of anilines is 3. The highest BCUT2D eigenvalue weighted by Crippen LogP contribution is 2.26. The third-order valence-corrected chi connectivity index (χ3v) is 6.73. The van der Waals surface area contributed by atoms with Gasteiger partial charge < -0.3 is 16.4 Å². The minimum Gasteiger partial charge on any atom is -0.367 e. The van der Waals surface area contributed by atoms with Gasteiger partial charge in [0.1, 0.15) is 11.6 Å². The average Bonchev–Trinajstić information content (AvgIpc) is 3.13. The number of benzene rings is 1. The Hall–Kier alpha value is -2.65. The highest BCUT2D eigenvalue weighted by Gasteiger charge is 2.20. The Bertz CT molecular complexity index is 1130. The number of hydrogen-bond donors (Lipinski definition) is 3. The molecule has 1 aliphatic carbocycles. The van der Waals surface area contributed by atoms with Gasteiger partial charge in [-0.1, -0.05) is 6.92 Å². The summed E-state index contributed by atoms with van der Waals surface area (Å²) in [5, 5.41) is 11.4. The van der Waals surface area contributed by atoms with E-state index in [4.69, 9.17) is 10.7 Å². The molecule has 8 nitrogen and oxygen atoms in total. The molecule has 2 aromatic heterocycles. The predicted molar refractivity (Wildman–Crippen MR) is 119 cm³/mol. The summed E-state index contributed by atoms with van der Waals surface area (Å²) in [6.07, 6.45) is 7.97. The summed E-state index contributed by atoms with van der Waals surface area (Å²) >= 11 is 0. The zero-order chi connectivity index (χ0) is 21.3. The highest BCUT2D eigenvalue weighted by atomic mass is 32.2. The summed E-state index contributed by atoms with van der Waals surface area (Å²) in [4.78, 5) is 5.10. The molecule has 2 heterocycles. The topological polar surface area (TPSA) is 114 Å². The summed E-state index contributed by atoms with van der Waals surface area (Å²) in [6, 6.07) is 9.30. The van der Waals surface area contributed by atoms with Crippen LogP contribution in [0.15, 0.2) is 41.4 Å². The number of aromatic nitrogens is 3. The average molecular weight is 429 g/mol. The van der Waals surface area contributed by atoms with E-state index in [9.17, 15) is 8.42 Å². The molecule has 0 amide bonds. The van der Waals surface area contributed by atoms with Crippen molar-refractivity contribution >= 4 is 32.8 Å². The Morgan fingerprint density at radius 1 is 1.17 bits per heavy atom. The van der Waals surface area contributed by atoms with Gasteiger partial charge in [0.05, 0.1) is 11.1 Å². The number of nitrogens with one attached hydrogen (secondary N) is 2. The van der Waals surface area contributed by atoms with E-state index < -0.39 is 9.84 Å². The van der Waals surface area contributed by atoms with E-state index in [0.29, 0.717) is 12.1 Å². The minimum atomic E-state index is -3.23. The normalized spacial score (nSPS) is 19.7. The molecule has 0 bridgehead atoms. The molecule has 1 aromatic carbocycles. The molecule has 0 aliphatic heterocycles. The Kier molecular flexibility index (Phi) is 5.66. The van der Waals surface area contributed by atoms with Crippen molar-refractivity contribution in [1.29, 1.82) is 0 Å². The molecule has 1 fully saturated rings. The van der Waals surface area contributed by atoms with Crippen molar-refractivity contribution in [2.24, 2.45) is 5.73 Å². The lowest BCUT2D eigenvalue weighted by Gasteiger charge is -2.27. The molecule has 30 heavy (non-hydrogen) atoms. The zero-order valence-electron chi connectivity index (χ0n) is 17.3. The van der Waals surface area contributed by atoms with Gasteiger partial charge in [-0.2, -0.15) is 9.61 Å². The smallest absolute Gasteiger partial charge is 0.175 e. The second kappa shape index (κ2) is 8.23. The molecule has 4 rings (SSSR count). The maximum atomic E-state index is 11.7. The minimum absolute atomic E-state index is 0.290. The second-order valence-corrected chi connectivity index (χ2v) is 9.98. The number of aryl methyl sites for hydroxylation is 1. The van der Waals surface area contributed by atoms with Crippen LogP contribution in [-0.2, 0) is 16.3 Å². The molecule has 4 N–H and O–H groups in total. The van der Waals surface area contributed by atoms with E-state index in [-0.39, 0.29) is 4.90 Å². The molecule has 1 aliphatic rings. The molecular weight excluding hydrogens is 400 g/mol. The largest absolute Gasteiger partial charge is 0.367 e. The molecule has 1 saturated carbocycles. The van der Waals surface area contributed by atoms with Crippen molar-refractivity contribution in [3.05, 3.63) is 42.1 Å². The standard InChI is InChI=1S/C21H28N6O2S/c1-3-14-13-23-27-20(25-17-8-10-18(11-9-17)30(2,28)29)12-19(26-21(14)27)24-16-6-4-15(22)5-7-16/h8-13,15-16,25H,3-7,22H2,1-2H3,(H,24,26)/t15-,16+. The van der Waals surface area contributed by atoms with Crippen molar-refractivity contribution in [3.8, 4) is 0 Å². The van der Waals surface area contributed by atoms with Gasteiger partial charge in [0.25, 0.3) is 0 Å². The first-order chi connectivity index (χ1) is 14.3. The van der Waals surface area contributed by atoms with Crippen molar-refractivity contribution in [1.82, 2.24) is 14.6 Å². The molecule has 0 atom stereocenters. The molecule has 9 heteroatoms. The van der Waals surface area contributed by atoms with Crippen LogP contribution in [0.1, 0.15) is 38.2 Å². The van der Waals surface area contributed by atoms with Gasteiger partial charge in [0, 0.05) is 35.7 Å². The highest BCUT2D eigenvalue weighted by molar-refractivity contribution is 7.90. The van der Waals surface area contributed by atoms with E-state index in [1.165, 1.54) is 6.26 Å². The van der Waals surface area contributed by atoms with Crippen LogP contribution in [0.3, 0.4) is 0 Å². The summed E-state index contributed by atoms with van der Waals surface area (Å²) in [5.41, 5.74) is 8.69. The van der Waals surface area contributed by atoms with Crippen molar-refractivity contribution < 1.29 is 8.42 Å². The fraction of sp³-hybridized carbons (Fsp3) is 0.429. The maximum Gasteiger partial charge on any atom is 0.175 e. The van der Waals surface area contributed by atoms with Crippen LogP contribution in [0.5, 0.6) is 0 Å². The number of fused-ring (bicyclic) bond motifs is 1. The summed E-state index contributed by atoms with van der Waals surface area (Å²) < 4.78 is 25.2. The quantitative estimate of drug-likeness (QED) is 0.552. The maximum absolute atomic E-state index is 11.7. The third kappa shape index (κ3) is 4.41. The molecule has 0 spiro atoms. The van der Waals surface area contributed by atoms with Gasteiger partial charge in [-0.15, -0.1) is 0 Å². The van der Waals surface area contributed by atoms with Crippen LogP contribution in [0.2, 0.25) is 0 Å². The van der Waals surface area contributed by atoms with Crippen LogP contribution in [0.4, 0.5) is 17.3 Å². The molecule has 3 aromatic rings. The lowest BCUT2D eigenvalue weighted by atomic mass is 9.92. The molecule has 0 saturated heterocycles. The van der Waals surface area contributed by atoms with Gasteiger partial charge in [-0.25, -0.2) is 13.4 Å².